The zero-order chi connectivity index (χ0) is 17.5. The Hall–Kier alpha value is -1.84. The number of benzene rings is 1. The van der Waals surface area contributed by atoms with E-state index in [1.807, 2.05) is 19.1 Å². The summed E-state index contributed by atoms with van der Waals surface area (Å²) in [4.78, 5) is 23.4. The summed E-state index contributed by atoms with van der Waals surface area (Å²) >= 11 is 0. The van der Waals surface area contributed by atoms with Gasteiger partial charge in [-0.05, 0) is 30.4 Å². The normalized spacial score (nSPS) is 17.3. The molecular weight excluding hydrogens is 304 g/mol. The molecule has 0 aromatic heterocycles. The summed E-state index contributed by atoms with van der Waals surface area (Å²) in [5, 5.41) is 0. The van der Waals surface area contributed by atoms with Crippen LogP contribution in [0.2, 0.25) is 0 Å². The van der Waals surface area contributed by atoms with Crippen LogP contribution in [0.3, 0.4) is 0 Å². The summed E-state index contributed by atoms with van der Waals surface area (Å²) in [7, 11) is 0. The third-order valence-electron chi connectivity index (χ3n) is 4.70. The Morgan fingerprint density at radius 1 is 1.08 bits per heavy atom. The maximum atomic E-state index is 12.2. The van der Waals surface area contributed by atoms with Gasteiger partial charge in [0.25, 0.3) is 0 Å². The van der Waals surface area contributed by atoms with Crippen molar-refractivity contribution in [2.45, 2.75) is 71.5 Å². The minimum Gasteiger partial charge on any atom is -0.425 e. The van der Waals surface area contributed by atoms with Gasteiger partial charge in [-0.2, -0.15) is 0 Å². The lowest BCUT2D eigenvalue weighted by Crippen LogP contribution is -2.24. The van der Waals surface area contributed by atoms with Crippen LogP contribution < -0.4 is 0 Å². The first-order valence-corrected chi connectivity index (χ1v) is 8.98. The van der Waals surface area contributed by atoms with Crippen LogP contribution in [-0.4, -0.2) is 18.2 Å². The SMILES string of the molecule is CCC(=O)OC(C)OC(=O)C(C)c1ccc(CC2CCCC2)cc1. The Kier molecular flexibility index (Phi) is 6.83. The molecule has 4 nitrogen and oxygen atoms in total. The van der Waals surface area contributed by atoms with E-state index < -0.39 is 6.29 Å². The van der Waals surface area contributed by atoms with E-state index in [4.69, 9.17) is 9.47 Å². The van der Waals surface area contributed by atoms with Crippen molar-refractivity contribution in [3.05, 3.63) is 35.4 Å². The molecule has 1 aliphatic carbocycles. The summed E-state index contributed by atoms with van der Waals surface area (Å²) in [6.45, 7) is 5.07. The molecule has 1 aromatic carbocycles. The highest BCUT2D eigenvalue weighted by atomic mass is 16.7. The largest absolute Gasteiger partial charge is 0.425 e. The number of hydrogen-bond acceptors (Lipinski definition) is 4. The summed E-state index contributed by atoms with van der Waals surface area (Å²) < 4.78 is 10.2. The van der Waals surface area contributed by atoms with E-state index in [1.165, 1.54) is 31.2 Å². The highest BCUT2D eigenvalue weighted by molar-refractivity contribution is 5.78. The molecule has 1 aliphatic rings. The predicted octanol–water partition coefficient (Wildman–Crippen LogP) is 4.37. The van der Waals surface area contributed by atoms with Crippen molar-refractivity contribution in [2.75, 3.05) is 0 Å². The lowest BCUT2D eigenvalue weighted by Gasteiger charge is -2.17. The van der Waals surface area contributed by atoms with E-state index in [9.17, 15) is 9.59 Å². The average Bonchev–Trinajstić information content (AvgIpc) is 3.07. The smallest absolute Gasteiger partial charge is 0.316 e. The summed E-state index contributed by atoms with van der Waals surface area (Å²) in [5.74, 6) is -0.324. The molecule has 0 aliphatic heterocycles. The van der Waals surface area contributed by atoms with Crippen LogP contribution >= 0.6 is 0 Å². The van der Waals surface area contributed by atoms with Gasteiger partial charge in [0.05, 0.1) is 5.92 Å². The van der Waals surface area contributed by atoms with Crippen molar-refractivity contribution in [3.8, 4) is 0 Å². The van der Waals surface area contributed by atoms with Crippen LogP contribution in [0.15, 0.2) is 24.3 Å². The highest BCUT2D eigenvalue weighted by Gasteiger charge is 2.21. The summed E-state index contributed by atoms with van der Waals surface area (Å²) in [6, 6.07) is 8.22. The maximum absolute atomic E-state index is 12.2. The number of rotatable bonds is 7. The van der Waals surface area contributed by atoms with Crippen molar-refractivity contribution in [1.82, 2.24) is 0 Å². The second-order valence-electron chi connectivity index (χ2n) is 6.67. The molecule has 0 bridgehead atoms. The highest BCUT2D eigenvalue weighted by Crippen LogP contribution is 2.28. The summed E-state index contributed by atoms with van der Waals surface area (Å²) in [5.41, 5.74) is 2.25. The fourth-order valence-corrected chi connectivity index (χ4v) is 3.18. The van der Waals surface area contributed by atoms with E-state index in [0.29, 0.717) is 0 Å². The van der Waals surface area contributed by atoms with Crippen molar-refractivity contribution >= 4 is 11.9 Å². The monoisotopic (exact) mass is 332 g/mol. The third-order valence-corrected chi connectivity index (χ3v) is 4.70. The van der Waals surface area contributed by atoms with Gasteiger partial charge < -0.3 is 9.47 Å². The molecule has 0 saturated heterocycles. The molecule has 24 heavy (non-hydrogen) atoms. The van der Waals surface area contributed by atoms with Gasteiger partial charge in [0.2, 0.25) is 6.29 Å². The van der Waals surface area contributed by atoms with Gasteiger partial charge in [-0.15, -0.1) is 0 Å². The molecule has 2 unspecified atom stereocenters. The predicted molar refractivity (Wildman–Crippen MR) is 92.5 cm³/mol. The van der Waals surface area contributed by atoms with Crippen molar-refractivity contribution < 1.29 is 19.1 Å². The Bertz CT molecular complexity index is 543. The minimum atomic E-state index is -0.853. The molecule has 2 rings (SSSR count). The molecule has 0 spiro atoms. The molecule has 4 heteroatoms. The Labute approximate surface area is 144 Å². The van der Waals surface area contributed by atoms with E-state index >= 15 is 0 Å². The first-order valence-electron chi connectivity index (χ1n) is 8.98. The molecule has 0 amide bonds. The maximum Gasteiger partial charge on any atom is 0.316 e. The van der Waals surface area contributed by atoms with Gasteiger partial charge in [-0.1, -0.05) is 56.9 Å². The van der Waals surface area contributed by atoms with Crippen LogP contribution in [-0.2, 0) is 25.5 Å². The Balaban J connectivity index is 1.87. The van der Waals surface area contributed by atoms with Crippen LogP contribution in [0.5, 0.6) is 0 Å². The molecule has 2 atom stereocenters. The Morgan fingerprint density at radius 2 is 1.71 bits per heavy atom. The van der Waals surface area contributed by atoms with Crippen molar-refractivity contribution in [2.24, 2.45) is 5.92 Å². The molecule has 1 aromatic rings. The van der Waals surface area contributed by atoms with E-state index in [1.54, 1.807) is 13.8 Å². The number of carbonyl (C=O) groups is 2. The van der Waals surface area contributed by atoms with Gasteiger partial charge in [0, 0.05) is 13.3 Å². The lowest BCUT2D eigenvalue weighted by molar-refractivity contribution is -0.185. The number of hydrogen-bond donors (Lipinski definition) is 0. The fraction of sp³-hybridized carbons (Fsp3) is 0.600. The average molecular weight is 332 g/mol. The molecule has 1 saturated carbocycles. The van der Waals surface area contributed by atoms with Crippen LogP contribution in [0.4, 0.5) is 0 Å². The summed E-state index contributed by atoms with van der Waals surface area (Å²) in [6.07, 6.45) is 5.91. The fourth-order valence-electron chi connectivity index (χ4n) is 3.18. The Morgan fingerprint density at radius 3 is 2.29 bits per heavy atom. The quantitative estimate of drug-likeness (QED) is 0.550. The zero-order valence-corrected chi connectivity index (χ0v) is 14.9. The molecule has 1 fully saturated rings. The van der Waals surface area contributed by atoms with Crippen molar-refractivity contribution in [3.63, 3.8) is 0 Å². The van der Waals surface area contributed by atoms with Crippen LogP contribution in [0.1, 0.15) is 69.9 Å². The van der Waals surface area contributed by atoms with E-state index in [2.05, 4.69) is 12.1 Å². The van der Waals surface area contributed by atoms with Crippen molar-refractivity contribution in [1.29, 1.82) is 0 Å². The second-order valence-corrected chi connectivity index (χ2v) is 6.67. The number of esters is 2. The van der Waals surface area contributed by atoms with Crippen LogP contribution in [0, 0.1) is 5.92 Å². The first-order chi connectivity index (χ1) is 11.5. The van der Waals surface area contributed by atoms with Gasteiger partial charge in [0.1, 0.15) is 0 Å². The topological polar surface area (TPSA) is 52.6 Å². The van der Waals surface area contributed by atoms with Gasteiger partial charge in [-0.25, -0.2) is 0 Å². The molecule has 0 radical (unpaired) electrons. The lowest BCUT2D eigenvalue weighted by atomic mass is 9.95. The van der Waals surface area contributed by atoms with Gasteiger partial charge in [-0.3, -0.25) is 9.59 Å². The van der Waals surface area contributed by atoms with E-state index in [-0.39, 0.29) is 24.3 Å². The molecule has 0 N–H and O–H groups in total. The standard InChI is InChI=1S/C20H28O4/c1-4-19(21)23-15(3)24-20(22)14(2)18-11-9-17(10-12-18)13-16-7-5-6-8-16/h9-12,14-16H,4-8,13H2,1-3H3. The second kappa shape index (κ2) is 8.86. The van der Waals surface area contributed by atoms with E-state index in [0.717, 1.165) is 17.9 Å². The number of ether oxygens (including phenoxy) is 2. The van der Waals surface area contributed by atoms with Gasteiger partial charge in [0.15, 0.2) is 0 Å². The zero-order valence-electron chi connectivity index (χ0n) is 14.9. The molecular formula is C20H28O4. The third kappa shape index (κ3) is 5.36. The first kappa shape index (κ1) is 18.5. The van der Waals surface area contributed by atoms with Gasteiger partial charge >= 0.3 is 11.9 Å². The number of carbonyl (C=O) groups excluding carboxylic acids is 2. The molecule has 0 heterocycles. The minimum absolute atomic E-state index is 0.264. The van der Waals surface area contributed by atoms with Crippen LogP contribution in [0.25, 0.3) is 0 Å². The molecule has 132 valence electrons.